The Morgan fingerprint density at radius 3 is 2.87 bits per heavy atom. The summed E-state index contributed by atoms with van der Waals surface area (Å²) in [6.45, 7) is 7.60. The number of hydrogen-bond donors (Lipinski definition) is 1. The summed E-state index contributed by atoms with van der Waals surface area (Å²) in [6.07, 6.45) is 2.06. The molecule has 0 aromatic carbocycles. The van der Waals surface area contributed by atoms with Gasteiger partial charge in [0.25, 0.3) is 0 Å². The number of rotatable bonds is 4. The fourth-order valence-corrected chi connectivity index (χ4v) is 3.40. The van der Waals surface area contributed by atoms with Crippen molar-refractivity contribution in [3.8, 4) is 0 Å². The third kappa shape index (κ3) is 3.08. The zero-order valence-electron chi connectivity index (χ0n) is 14.0. The van der Waals surface area contributed by atoms with Crippen LogP contribution in [0.15, 0.2) is 6.07 Å². The second kappa shape index (κ2) is 6.28. The van der Waals surface area contributed by atoms with Gasteiger partial charge in [-0.3, -0.25) is 4.79 Å². The van der Waals surface area contributed by atoms with Crippen LogP contribution >= 0.6 is 0 Å². The van der Waals surface area contributed by atoms with Crippen molar-refractivity contribution in [1.82, 2.24) is 19.5 Å². The van der Waals surface area contributed by atoms with Crippen LogP contribution in [-0.2, 0) is 11.2 Å². The molecule has 2 aromatic heterocycles. The van der Waals surface area contributed by atoms with E-state index >= 15 is 0 Å². The Hall–Kier alpha value is -1.95. The van der Waals surface area contributed by atoms with E-state index in [1.165, 1.54) is 0 Å². The highest BCUT2D eigenvalue weighted by Crippen LogP contribution is 2.20. The van der Waals surface area contributed by atoms with Gasteiger partial charge in [0.05, 0.1) is 5.69 Å². The van der Waals surface area contributed by atoms with Crippen LogP contribution in [0.4, 0.5) is 0 Å². The van der Waals surface area contributed by atoms with E-state index in [0.717, 1.165) is 41.3 Å². The van der Waals surface area contributed by atoms with Gasteiger partial charge in [-0.15, -0.1) is 0 Å². The van der Waals surface area contributed by atoms with E-state index in [1.54, 1.807) is 0 Å². The maximum Gasteiger partial charge on any atom is 0.222 e. The second-order valence-corrected chi connectivity index (χ2v) is 6.49. The third-order valence-corrected chi connectivity index (χ3v) is 4.77. The number of amides is 1. The molecule has 3 rings (SSSR count). The topological polar surface area (TPSA) is 70.7 Å². The van der Waals surface area contributed by atoms with E-state index in [0.29, 0.717) is 19.4 Å². The number of fused-ring (bicyclic) bond motifs is 1. The quantitative estimate of drug-likeness (QED) is 0.926. The van der Waals surface area contributed by atoms with Gasteiger partial charge < -0.3 is 10.0 Å². The summed E-state index contributed by atoms with van der Waals surface area (Å²) in [5, 5.41) is 13.7. The average molecular weight is 316 g/mol. The smallest absolute Gasteiger partial charge is 0.222 e. The van der Waals surface area contributed by atoms with Gasteiger partial charge in [0, 0.05) is 49.5 Å². The zero-order chi connectivity index (χ0) is 16.6. The normalized spacial score (nSPS) is 18.1. The first-order valence-electron chi connectivity index (χ1n) is 8.20. The number of aliphatic hydroxyl groups is 1. The standard InChI is InChI=1S/C17H24N4O2/c1-11-8-16-18-12(2)15(13(3)21(16)19-11)4-5-17(23)20-7-6-14(9-20)10-22/h8,14,22H,4-7,9-10H2,1-3H3. The highest BCUT2D eigenvalue weighted by molar-refractivity contribution is 5.76. The molecule has 0 aliphatic carbocycles. The molecule has 1 aliphatic heterocycles. The number of aliphatic hydroxyl groups excluding tert-OH is 1. The lowest BCUT2D eigenvalue weighted by molar-refractivity contribution is -0.130. The van der Waals surface area contributed by atoms with Gasteiger partial charge in [0.2, 0.25) is 5.91 Å². The molecule has 3 heterocycles. The SMILES string of the molecule is Cc1cc2nc(C)c(CCC(=O)N3CCC(CO)C3)c(C)n2n1. The average Bonchev–Trinajstić information content (AvgIpc) is 3.12. The molecule has 1 fully saturated rings. The van der Waals surface area contributed by atoms with Crippen molar-refractivity contribution < 1.29 is 9.90 Å². The largest absolute Gasteiger partial charge is 0.396 e. The lowest BCUT2D eigenvalue weighted by Gasteiger charge is -2.17. The molecule has 23 heavy (non-hydrogen) atoms. The summed E-state index contributed by atoms with van der Waals surface area (Å²) in [4.78, 5) is 18.8. The molecule has 6 heteroatoms. The molecule has 2 aromatic rings. The van der Waals surface area contributed by atoms with Crippen molar-refractivity contribution in [2.24, 2.45) is 5.92 Å². The number of nitrogens with zero attached hydrogens (tertiary/aromatic N) is 4. The zero-order valence-corrected chi connectivity index (χ0v) is 14.0. The number of likely N-dealkylation sites (tertiary alicyclic amines) is 1. The Morgan fingerprint density at radius 2 is 2.17 bits per heavy atom. The predicted molar refractivity (Wildman–Crippen MR) is 87.3 cm³/mol. The molecule has 0 bridgehead atoms. The molecule has 1 atom stereocenters. The van der Waals surface area contributed by atoms with Gasteiger partial charge >= 0.3 is 0 Å². The van der Waals surface area contributed by atoms with E-state index in [-0.39, 0.29) is 18.4 Å². The predicted octanol–water partition coefficient (Wildman–Crippen LogP) is 1.43. The molecule has 1 aliphatic rings. The highest BCUT2D eigenvalue weighted by atomic mass is 16.3. The second-order valence-electron chi connectivity index (χ2n) is 6.49. The minimum atomic E-state index is 0.163. The van der Waals surface area contributed by atoms with Crippen molar-refractivity contribution in [2.45, 2.75) is 40.0 Å². The maximum absolute atomic E-state index is 12.4. The van der Waals surface area contributed by atoms with Gasteiger partial charge in [-0.1, -0.05) is 0 Å². The number of carbonyl (C=O) groups is 1. The Labute approximate surface area is 136 Å². The lowest BCUT2D eigenvalue weighted by Crippen LogP contribution is -2.29. The lowest BCUT2D eigenvalue weighted by atomic mass is 10.1. The van der Waals surface area contributed by atoms with E-state index in [1.807, 2.05) is 36.3 Å². The van der Waals surface area contributed by atoms with Crippen LogP contribution in [0, 0.1) is 26.7 Å². The molecule has 1 unspecified atom stereocenters. The molecule has 1 saturated heterocycles. The maximum atomic E-state index is 12.4. The van der Waals surface area contributed by atoms with Crippen molar-refractivity contribution in [3.05, 3.63) is 28.7 Å². The van der Waals surface area contributed by atoms with Crippen LogP contribution in [0.2, 0.25) is 0 Å². The minimum absolute atomic E-state index is 0.163. The van der Waals surface area contributed by atoms with Crippen LogP contribution in [0.1, 0.15) is 35.5 Å². The van der Waals surface area contributed by atoms with Crippen LogP contribution in [-0.4, -0.2) is 50.2 Å². The van der Waals surface area contributed by atoms with Crippen molar-refractivity contribution >= 4 is 11.6 Å². The molecule has 0 spiro atoms. The van der Waals surface area contributed by atoms with Gasteiger partial charge in [-0.2, -0.15) is 5.10 Å². The van der Waals surface area contributed by atoms with Crippen LogP contribution in [0.5, 0.6) is 0 Å². The molecule has 6 nitrogen and oxygen atoms in total. The van der Waals surface area contributed by atoms with Gasteiger partial charge in [-0.05, 0) is 39.2 Å². The number of hydrogen-bond acceptors (Lipinski definition) is 4. The van der Waals surface area contributed by atoms with Crippen molar-refractivity contribution in [1.29, 1.82) is 0 Å². The molecule has 1 N–H and O–H groups in total. The third-order valence-electron chi connectivity index (χ3n) is 4.77. The van der Waals surface area contributed by atoms with Crippen molar-refractivity contribution in [3.63, 3.8) is 0 Å². The fraction of sp³-hybridized carbons (Fsp3) is 0.588. The van der Waals surface area contributed by atoms with Crippen LogP contribution in [0.25, 0.3) is 5.65 Å². The molecule has 0 saturated carbocycles. The van der Waals surface area contributed by atoms with Crippen molar-refractivity contribution in [2.75, 3.05) is 19.7 Å². The molecule has 1 amide bonds. The molecule has 124 valence electrons. The van der Waals surface area contributed by atoms with E-state index in [9.17, 15) is 9.90 Å². The number of carbonyl (C=O) groups excluding carboxylic acids is 1. The van der Waals surface area contributed by atoms with Gasteiger partial charge in [0.1, 0.15) is 0 Å². The van der Waals surface area contributed by atoms with Crippen LogP contribution in [0.3, 0.4) is 0 Å². The summed E-state index contributed by atoms with van der Waals surface area (Å²) >= 11 is 0. The van der Waals surface area contributed by atoms with Crippen LogP contribution < -0.4 is 0 Å². The molecular weight excluding hydrogens is 292 g/mol. The van der Waals surface area contributed by atoms with E-state index in [2.05, 4.69) is 10.1 Å². The Kier molecular flexibility index (Phi) is 4.35. The fourth-order valence-electron chi connectivity index (χ4n) is 3.40. The monoisotopic (exact) mass is 316 g/mol. The van der Waals surface area contributed by atoms with E-state index < -0.39 is 0 Å². The van der Waals surface area contributed by atoms with Gasteiger partial charge in [0.15, 0.2) is 5.65 Å². The molecule has 0 radical (unpaired) electrons. The van der Waals surface area contributed by atoms with E-state index in [4.69, 9.17) is 0 Å². The minimum Gasteiger partial charge on any atom is -0.396 e. The Morgan fingerprint density at radius 1 is 1.39 bits per heavy atom. The number of aryl methyl sites for hydroxylation is 3. The first-order valence-corrected chi connectivity index (χ1v) is 8.20. The summed E-state index contributed by atoms with van der Waals surface area (Å²) in [6, 6.07) is 1.97. The Balaban J connectivity index is 1.73. The summed E-state index contributed by atoms with van der Waals surface area (Å²) in [7, 11) is 0. The number of aromatic nitrogens is 3. The highest BCUT2D eigenvalue weighted by Gasteiger charge is 2.25. The first kappa shape index (κ1) is 15.9. The van der Waals surface area contributed by atoms with Gasteiger partial charge in [-0.25, -0.2) is 9.50 Å². The Bertz CT molecular complexity index is 738. The summed E-state index contributed by atoms with van der Waals surface area (Å²) < 4.78 is 1.86. The molecular formula is C17H24N4O2. The first-order chi connectivity index (χ1) is 11.0. The summed E-state index contributed by atoms with van der Waals surface area (Å²) in [5.41, 5.74) is 4.94. The summed E-state index contributed by atoms with van der Waals surface area (Å²) in [5.74, 6) is 0.406.